The van der Waals surface area contributed by atoms with E-state index in [0.717, 1.165) is 12.8 Å². The number of hydrogen-bond acceptors (Lipinski definition) is 4. The summed E-state index contributed by atoms with van der Waals surface area (Å²) in [5, 5.41) is 2.98. The number of esters is 1. The molecule has 5 heteroatoms. The van der Waals surface area contributed by atoms with Gasteiger partial charge in [-0.3, -0.25) is 9.78 Å². The van der Waals surface area contributed by atoms with Gasteiger partial charge in [0.05, 0.1) is 5.56 Å². The van der Waals surface area contributed by atoms with Crippen molar-refractivity contribution in [2.45, 2.75) is 39.2 Å². The lowest BCUT2D eigenvalue weighted by Crippen LogP contribution is -2.45. The van der Waals surface area contributed by atoms with Crippen LogP contribution in [0.2, 0.25) is 0 Å². The summed E-state index contributed by atoms with van der Waals surface area (Å²) in [5.74, 6) is 0.336. The first kappa shape index (κ1) is 15.5. The fourth-order valence-electron chi connectivity index (χ4n) is 2.74. The third-order valence-corrected chi connectivity index (χ3v) is 4.30. The molecule has 0 aromatic carbocycles. The van der Waals surface area contributed by atoms with Crippen LogP contribution in [0.3, 0.4) is 0 Å². The monoisotopic (exact) mass is 290 g/mol. The van der Waals surface area contributed by atoms with Gasteiger partial charge in [-0.1, -0.05) is 26.7 Å². The van der Waals surface area contributed by atoms with Crippen molar-refractivity contribution < 1.29 is 14.3 Å². The van der Waals surface area contributed by atoms with E-state index in [1.54, 1.807) is 12.1 Å². The van der Waals surface area contributed by atoms with Crippen LogP contribution in [-0.2, 0) is 9.53 Å². The number of hydrogen-bond donors (Lipinski definition) is 1. The largest absolute Gasteiger partial charge is 0.452 e. The van der Waals surface area contributed by atoms with Crippen molar-refractivity contribution in [1.82, 2.24) is 10.3 Å². The van der Waals surface area contributed by atoms with Gasteiger partial charge >= 0.3 is 5.97 Å². The number of aromatic nitrogens is 1. The maximum atomic E-state index is 11.9. The summed E-state index contributed by atoms with van der Waals surface area (Å²) in [6.07, 6.45) is 6.37. The molecule has 1 aliphatic carbocycles. The topological polar surface area (TPSA) is 68.3 Å². The van der Waals surface area contributed by atoms with Crippen molar-refractivity contribution in [2.24, 2.45) is 11.8 Å². The van der Waals surface area contributed by atoms with E-state index < -0.39 is 5.97 Å². The Kier molecular flexibility index (Phi) is 5.31. The molecule has 2 rings (SSSR count). The van der Waals surface area contributed by atoms with Gasteiger partial charge in [0.15, 0.2) is 6.61 Å². The summed E-state index contributed by atoms with van der Waals surface area (Å²) in [4.78, 5) is 27.5. The average Bonchev–Trinajstić information content (AvgIpc) is 2.50. The minimum Gasteiger partial charge on any atom is -0.452 e. The fraction of sp³-hybridized carbons (Fsp3) is 0.562. The quantitative estimate of drug-likeness (QED) is 0.863. The zero-order chi connectivity index (χ0) is 15.2. The highest BCUT2D eigenvalue weighted by Gasteiger charge is 2.28. The van der Waals surface area contributed by atoms with Gasteiger partial charge in [0.1, 0.15) is 0 Å². The van der Waals surface area contributed by atoms with E-state index in [1.807, 2.05) is 0 Å². The number of nitrogens with one attached hydrogen (secondary N) is 1. The molecule has 0 radical (unpaired) electrons. The van der Waals surface area contributed by atoms with E-state index in [9.17, 15) is 9.59 Å². The van der Waals surface area contributed by atoms with Crippen LogP contribution in [0.15, 0.2) is 24.5 Å². The van der Waals surface area contributed by atoms with Gasteiger partial charge in [-0.15, -0.1) is 0 Å². The zero-order valence-corrected chi connectivity index (χ0v) is 12.5. The number of pyridine rings is 1. The number of carbonyl (C=O) groups is 2. The molecule has 1 N–H and O–H groups in total. The number of carbonyl (C=O) groups excluding carboxylic acids is 2. The molecule has 1 aromatic rings. The molecule has 1 amide bonds. The Morgan fingerprint density at radius 3 is 2.71 bits per heavy atom. The summed E-state index contributed by atoms with van der Waals surface area (Å²) in [6, 6.07) is 3.30. The Hall–Kier alpha value is -1.91. The number of nitrogens with zero attached hydrogens (tertiary/aromatic N) is 1. The van der Waals surface area contributed by atoms with E-state index in [0.29, 0.717) is 17.4 Å². The van der Waals surface area contributed by atoms with Gasteiger partial charge in [0, 0.05) is 18.4 Å². The van der Waals surface area contributed by atoms with Crippen molar-refractivity contribution in [3.05, 3.63) is 30.1 Å². The number of rotatable bonds is 4. The molecule has 1 aromatic heterocycles. The van der Waals surface area contributed by atoms with Crippen LogP contribution in [-0.4, -0.2) is 29.5 Å². The van der Waals surface area contributed by atoms with Crippen LogP contribution in [0, 0.1) is 11.8 Å². The van der Waals surface area contributed by atoms with Crippen LogP contribution in [0.1, 0.15) is 43.5 Å². The van der Waals surface area contributed by atoms with Gasteiger partial charge in [0.25, 0.3) is 5.91 Å². The Labute approximate surface area is 125 Å². The summed E-state index contributed by atoms with van der Waals surface area (Å²) in [7, 11) is 0. The minimum absolute atomic E-state index is 0.181. The van der Waals surface area contributed by atoms with Crippen LogP contribution >= 0.6 is 0 Å². The van der Waals surface area contributed by atoms with E-state index in [-0.39, 0.29) is 18.6 Å². The Bertz CT molecular complexity index is 490. The SMILES string of the molecule is C[C@@H]1[C@H](C)CCC[C@@H]1NC(=O)COC(=O)c1ccncc1. The van der Waals surface area contributed by atoms with Gasteiger partial charge in [-0.25, -0.2) is 4.79 Å². The maximum absolute atomic E-state index is 11.9. The van der Waals surface area contributed by atoms with Crippen LogP contribution < -0.4 is 5.32 Å². The Balaban J connectivity index is 1.78. The predicted molar refractivity (Wildman–Crippen MR) is 78.6 cm³/mol. The van der Waals surface area contributed by atoms with E-state index in [1.165, 1.54) is 18.8 Å². The molecule has 0 unspecified atom stereocenters. The highest BCUT2D eigenvalue weighted by Crippen LogP contribution is 2.29. The van der Waals surface area contributed by atoms with Crippen LogP contribution in [0.4, 0.5) is 0 Å². The molecule has 0 saturated heterocycles. The predicted octanol–water partition coefficient (Wildman–Crippen LogP) is 2.18. The molecule has 21 heavy (non-hydrogen) atoms. The second-order valence-corrected chi connectivity index (χ2v) is 5.75. The van der Waals surface area contributed by atoms with Gasteiger partial charge < -0.3 is 10.1 Å². The number of ether oxygens (including phenoxy) is 1. The molecule has 0 spiro atoms. The van der Waals surface area contributed by atoms with Crippen molar-refractivity contribution in [2.75, 3.05) is 6.61 Å². The lowest BCUT2D eigenvalue weighted by Gasteiger charge is -2.34. The van der Waals surface area contributed by atoms with E-state index >= 15 is 0 Å². The third kappa shape index (κ3) is 4.28. The molecule has 1 heterocycles. The Morgan fingerprint density at radius 2 is 2.00 bits per heavy atom. The van der Waals surface area contributed by atoms with Gasteiger partial charge in [0.2, 0.25) is 0 Å². The molecule has 0 aliphatic heterocycles. The first-order chi connectivity index (χ1) is 10.1. The van der Waals surface area contributed by atoms with E-state index in [2.05, 4.69) is 24.1 Å². The van der Waals surface area contributed by atoms with Crippen LogP contribution in [0.5, 0.6) is 0 Å². The molecule has 0 bridgehead atoms. The highest BCUT2D eigenvalue weighted by atomic mass is 16.5. The Morgan fingerprint density at radius 1 is 1.29 bits per heavy atom. The van der Waals surface area contributed by atoms with Crippen molar-refractivity contribution in [1.29, 1.82) is 0 Å². The lowest BCUT2D eigenvalue weighted by molar-refractivity contribution is -0.125. The molecule has 1 fully saturated rings. The molecule has 1 saturated carbocycles. The maximum Gasteiger partial charge on any atom is 0.338 e. The summed E-state index contributed by atoms with van der Waals surface area (Å²) in [6.45, 7) is 4.14. The lowest BCUT2D eigenvalue weighted by atomic mass is 9.78. The number of amides is 1. The smallest absolute Gasteiger partial charge is 0.338 e. The van der Waals surface area contributed by atoms with Crippen molar-refractivity contribution in [3.8, 4) is 0 Å². The van der Waals surface area contributed by atoms with E-state index in [4.69, 9.17) is 4.74 Å². The second kappa shape index (κ2) is 7.20. The van der Waals surface area contributed by atoms with Crippen LogP contribution in [0.25, 0.3) is 0 Å². The summed E-state index contributed by atoms with van der Waals surface area (Å²) < 4.78 is 5.01. The summed E-state index contributed by atoms with van der Waals surface area (Å²) >= 11 is 0. The third-order valence-electron chi connectivity index (χ3n) is 4.30. The first-order valence-electron chi connectivity index (χ1n) is 7.44. The average molecular weight is 290 g/mol. The molecule has 1 aliphatic rings. The first-order valence-corrected chi connectivity index (χ1v) is 7.44. The zero-order valence-electron chi connectivity index (χ0n) is 12.5. The summed E-state index contributed by atoms with van der Waals surface area (Å²) in [5.41, 5.74) is 0.400. The van der Waals surface area contributed by atoms with Crippen molar-refractivity contribution in [3.63, 3.8) is 0 Å². The molecular weight excluding hydrogens is 268 g/mol. The van der Waals surface area contributed by atoms with Crippen molar-refractivity contribution >= 4 is 11.9 Å². The molecule has 114 valence electrons. The standard InChI is InChI=1S/C16H22N2O3/c1-11-4-3-5-14(12(11)2)18-15(19)10-21-16(20)13-6-8-17-9-7-13/h6-9,11-12,14H,3-5,10H2,1-2H3,(H,18,19)/t11-,12-,14+/m1/s1. The van der Waals surface area contributed by atoms with Gasteiger partial charge in [-0.2, -0.15) is 0 Å². The normalized spacial score (nSPS) is 25.1. The molecule has 5 nitrogen and oxygen atoms in total. The minimum atomic E-state index is -0.502. The fourth-order valence-corrected chi connectivity index (χ4v) is 2.74. The molecular formula is C16H22N2O3. The highest BCUT2D eigenvalue weighted by molar-refractivity contribution is 5.91. The molecule has 3 atom stereocenters. The van der Waals surface area contributed by atoms with Gasteiger partial charge in [-0.05, 0) is 30.4 Å². The second-order valence-electron chi connectivity index (χ2n) is 5.75.